The van der Waals surface area contributed by atoms with E-state index in [9.17, 15) is 4.79 Å². The van der Waals surface area contributed by atoms with E-state index in [0.717, 1.165) is 34.7 Å². The van der Waals surface area contributed by atoms with E-state index in [1.165, 1.54) is 0 Å². The molecule has 0 aliphatic heterocycles. The normalized spacial score (nSPS) is 11.0. The average molecular weight is 414 g/mol. The van der Waals surface area contributed by atoms with Crippen molar-refractivity contribution in [2.24, 2.45) is 0 Å². The van der Waals surface area contributed by atoms with Gasteiger partial charge < -0.3 is 4.90 Å². The quantitative estimate of drug-likeness (QED) is 0.463. The Labute approximate surface area is 182 Å². The third-order valence-corrected chi connectivity index (χ3v) is 5.50. The van der Waals surface area contributed by atoms with Crippen LogP contribution in [0.4, 0.5) is 0 Å². The molecular formula is C25H27N5O. The molecular weight excluding hydrogens is 386 g/mol. The number of para-hydroxylation sites is 1. The highest BCUT2D eigenvalue weighted by molar-refractivity contribution is 6.01. The van der Waals surface area contributed by atoms with Gasteiger partial charge in [-0.25, -0.2) is 4.68 Å². The molecule has 2 heterocycles. The Bertz CT molecular complexity index is 1190. The average Bonchev–Trinajstić information content (AvgIpc) is 3.33. The van der Waals surface area contributed by atoms with Crippen LogP contribution in [0, 0.1) is 13.8 Å². The number of rotatable bonds is 6. The van der Waals surface area contributed by atoms with Crippen molar-refractivity contribution in [1.82, 2.24) is 24.5 Å². The topological polar surface area (TPSA) is 56.0 Å². The predicted molar refractivity (Wildman–Crippen MR) is 122 cm³/mol. The van der Waals surface area contributed by atoms with Crippen LogP contribution in [0.25, 0.3) is 16.9 Å². The Morgan fingerprint density at radius 3 is 2.23 bits per heavy atom. The first-order valence-corrected chi connectivity index (χ1v) is 10.5. The summed E-state index contributed by atoms with van der Waals surface area (Å²) in [6, 6.07) is 19.8. The second-order valence-electron chi connectivity index (χ2n) is 7.68. The van der Waals surface area contributed by atoms with Gasteiger partial charge in [0.2, 0.25) is 0 Å². The van der Waals surface area contributed by atoms with Gasteiger partial charge in [-0.1, -0.05) is 48.5 Å². The molecule has 0 N–H and O–H groups in total. The highest BCUT2D eigenvalue weighted by atomic mass is 16.2. The maximum atomic E-state index is 13.6. The Hall–Kier alpha value is -3.67. The molecule has 0 aliphatic carbocycles. The summed E-state index contributed by atoms with van der Waals surface area (Å²) in [6.45, 7) is 7.29. The SMILES string of the molecule is CCn1cc(CN(C)C(=O)c2c(-c3ccccc3)nn(-c3ccccc3)c2C)c(C)n1. The van der Waals surface area contributed by atoms with Gasteiger partial charge in [-0.2, -0.15) is 10.2 Å². The van der Waals surface area contributed by atoms with Crippen LogP contribution in [0.2, 0.25) is 0 Å². The van der Waals surface area contributed by atoms with Gasteiger partial charge in [0.15, 0.2) is 0 Å². The standard InChI is InChI=1S/C25H27N5O/c1-5-29-17-21(18(2)26-29)16-28(4)25(31)23-19(3)30(22-14-10-7-11-15-22)27-24(23)20-12-8-6-9-13-20/h6-15,17H,5,16H2,1-4H3. The van der Waals surface area contributed by atoms with E-state index in [0.29, 0.717) is 17.8 Å². The van der Waals surface area contributed by atoms with Gasteiger partial charge in [0.1, 0.15) is 5.69 Å². The Kier molecular flexibility index (Phi) is 5.71. The van der Waals surface area contributed by atoms with Crippen molar-refractivity contribution >= 4 is 5.91 Å². The summed E-state index contributed by atoms with van der Waals surface area (Å²) in [7, 11) is 1.83. The van der Waals surface area contributed by atoms with E-state index in [2.05, 4.69) is 12.0 Å². The molecule has 2 aromatic carbocycles. The minimum Gasteiger partial charge on any atom is -0.337 e. The summed E-state index contributed by atoms with van der Waals surface area (Å²) >= 11 is 0. The lowest BCUT2D eigenvalue weighted by atomic mass is 10.0. The number of hydrogen-bond donors (Lipinski definition) is 0. The molecule has 0 radical (unpaired) electrons. The molecule has 0 saturated carbocycles. The van der Waals surface area contributed by atoms with Crippen molar-refractivity contribution in [1.29, 1.82) is 0 Å². The molecule has 158 valence electrons. The summed E-state index contributed by atoms with van der Waals surface area (Å²) in [4.78, 5) is 15.4. The van der Waals surface area contributed by atoms with E-state index in [1.807, 2.05) is 97.1 Å². The van der Waals surface area contributed by atoms with E-state index >= 15 is 0 Å². The Balaban J connectivity index is 1.76. The third kappa shape index (κ3) is 4.01. The van der Waals surface area contributed by atoms with E-state index in [4.69, 9.17) is 5.10 Å². The van der Waals surface area contributed by atoms with E-state index in [1.54, 1.807) is 4.90 Å². The maximum absolute atomic E-state index is 13.6. The first kappa shape index (κ1) is 20.6. The number of benzene rings is 2. The lowest BCUT2D eigenvalue weighted by Gasteiger charge is -2.17. The zero-order chi connectivity index (χ0) is 22.0. The van der Waals surface area contributed by atoms with Crippen LogP contribution in [0.1, 0.15) is 34.2 Å². The van der Waals surface area contributed by atoms with Gasteiger partial charge in [-0.05, 0) is 32.9 Å². The third-order valence-electron chi connectivity index (χ3n) is 5.50. The highest BCUT2D eigenvalue weighted by Gasteiger charge is 2.26. The molecule has 2 aromatic heterocycles. The van der Waals surface area contributed by atoms with Gasteiger partial charge in [0.05, 0.1) is 22.6 Å². The molecule has 0 atom stereocenters. The second-order valence-corrected chi connectivity index (χ2v) is 7.68. The Morgan fingerprint density at radius 2 is 1.61 bits per heavy atom. The van der Waals surface area contributed by atoms with Crippen molar-refractivity contribution in [2.75, 3.05) is 7.05 Å². The highest BCUT2D eigenvalue weighted by Crippen LogP contribution is 2.28. The largest absolute Gasteiger partial charge is 0.337 e. The number of hydrogen-bond acceptors (Lipinski definition) is 3. The van der Waals surface area contributed by atoms with Crippen LogP contribution in [0.3, 0.4) is 0 Å². The molecule has 0 unspecified atom stereocenters. The van der Waals surface area contributed by atoms with Gasteiger partial charge in [-0.15, -0.1) is 0 Å². The van der Waals surface area contributed by atoms with Crippen LogP contribution in [-0.4, -0.2) is 37.4 Å². The first-order chi connectivity index (χ1) is 15.0. The van der Waals surface area contributed by atoms with Crippen molar-refractivity contribution < 1.29 is 4.79 Å². The van der Waals surface area contributed by atoms with Crippen LogP contribution in [0.15, 0.2) is 66.9 Å². The number of amides is 1. The zero-order valence-electron chi connectivity index (χ0n) is 18.4. The predicted octanol–water partition coefficient (Wildman–Crippen LogP) is 4.64. The summed E-state index contributed by atoms with van der Waals surface area (Å²) in [5.74, 6) is -0.0535. The molecule has 1 amide bonds. The van der Waals surface area contributed by atoms with E-state index in [-0.39, 0.29) is 5.91 Å². The molecule has 4 aromatic rings. The number of aryl methyl sites for hydroxylation is 2. The van der Waals surface area contributed by atoms with Gasteiger partial charge in [0.25, 0.3) is 5.91 Å². The fraction of sp³-hybridized carbons (Fsp3) is 0.240. The van der Waals surface area contributed by atoms with Crippen molar-refractivity contribution in [3.63, 3.8) is 0 Å². The first-order valence-electron chi connectivity index (χ1n) is 10.5. The van der Waals surface area contributed by atoms with Gasteiger partial charge in [0, 0.05) is 37.5 Å². The molecule has 4 rings (SSSR count). The molecule has 0 aliphatic rings. The smallest absolute Gasteiger partial charge is 0.258 e. The molecule has 0 saturated heterocycles. The van der Waals surface area contributed by atoms with Crippen molar-refractivity contribution in [2.45, 2.75) is 33.9 Å². The molecule has 6 nitrogen and oxygen atoms in total. The summed E-state index contributed by atoms with van der Waals surface area (Å²) in [6.07, 6.45) is 2.01. The maximum Gasteiger partial charge on any atom is 0.258 e. The second kappa shape index (κ2) is 8.60. The zero-order valence-corrected chi connectivity index (χ0v) is 18.4. The monoisotopic (exact) mass is 413 g/mol. The molecule has 0 spiro atoms. The van der Waals surface area contributed by atoms with Gasteiger partial charge in [-0.3, -0.25) is 9.48 Å². The van der Waals surface area contributed by atoms with Crippen LogP contribution >= 0.6 is 0 Å². The number of carbonyl (C=O) groups excluding carboxylic acids is 1. The van der Waals surface area contributed by atoms with Crippen molar-refractivity contribution in [3.8, 4) is 16.9 Å². The lowest BCUT2D eigenvalue weighted by Crippen LogP contribution is -2.27. The fourth-order valence-electron chi connectivity index (χ4n) is 3.77. The summed E-state index contributed by atoms with van der Waals surface area (Å²) < 4.78 is 3.75. The molecule has 0 fully saturated rings. The molecule has 0 bridgehead atoms. The summed E-state index contributed by atoms with van der Waals surface area (Å²) in [5.41, 5.74) is 5.99. The minimum atomic E-state index is -0.0535. The number of aromatic nitrogens is 4. The van der Waals surface area contributed by atoms with Gasteiger partial charge >= 0.3 is 0 Å². The molecule has 31 heavy (non-hydrogen) atoms. The fourth-order valence-corrected chi connectivity index (χ4v) is 3.77. The Morgan fingerprint density at radius 1 is 0.968 bits per heavy atom. The van der Waals surface area contributed by atoms with Crippen molar-refractivity contribution in [3.05, 3.63) is 89.4 Å². The minimum absolute atomic E-state index is 0.0535. The van der Waals surface area contributed by atoms with Crippen LogP contribution in [0.5, 0.6) is 0 Å². The van der Waals surface area contributed by atoms with E-state index < -0.39 is 0 Å². The summed E-state index contributed by atoms with van der Waals surface area (Å²) in [5, 5.41) is 9.35. The lowest BCUT2D eigenvalue weighted by molar-refractivity contribution is 0.0785. The number of nitrogens with zero attached hydrogens (tertiary/aromatic N) is 5. The molecule has 6 heteroatoms. The van der Waals surface area contributed by atoms with Crippen LogP contribution in [-0.2, 0) is 13.1 Å². The van der Waals surface area contributed by atoms with Crippen LogP contribution < -0.4 is 0 Å². The number of carbonyl (C=O) groups is 1.